The summed E-state index contributed by atoms with van der Waals surface area (Å²) >= 11 is 0. The van der Waals surface area contributed by atoms with Gasteiger partial charge < -0.3 is 30.0 Å². The fourth-order valence-corrected chi connectivity index (χ4v) is 3.39. The molecule has 4 N–H and O–H groups in total. The first kappa shape index (κ1) is 23.7. The highest BCUT2D eigenvalue weighted by molar-refractivity contribution is 5.66. The Morgan fingerprint density at radius 2 is 1.72 bits per heavy atom. The Morgan fingerprint density at radius 3 is 2.31 bits per heavy atom. The number of imidazole rings is 1. The van der Waals surface area contributed by atoms with E-state index < -0.39 is 6.10 Å². The molecule has 1 aromatic heterocycles. The SMILES string of the molecule is COCC(N)COc1ccc(-c2ccc(/C=C/C(CO)n3ccnc3C(C)O)cc2)cc1. The van der Waals surface area contributed by atoms with Crippen LogP contribution >= 0.6 is 0 Å². The van der Waals surface area contributed by atoms with E-state index in [2.05, 4.69) is 17.1 Å². The van der Waals surface area contributed by atoms with Crippen molar-refractivity contribution in [1.29, 1.82) is 0 Å². The molecule has 170 valence electrons. The molecule has 3 aromatic rings. The van der Waals surface area contributed by atoms with Crippen molar-refractivity contribution in [2.75, 3.05) is 26.9 Å². The van der Waals surface area contributed by atoms with E-state index in [1.54, 1.807) is 31.0 Å². The molecule has 0 bridgehead atoms. The normalized spacial score (nSPS) is 14.4. The monoisotopic (exact) mass is 437 g/mol. The van der Waals surface area contributed by atoms with Crippen molar-refractivity contribution in [2.24, 2.45) is 5.73 Å². The minimum absolute atomic E-state index is 0.0878. The maximum Gasteiger partial charge on any atom is 0.137 e. The molecule has 0 aliphatic carbocycles. The Hall–Kier alpha value is -2.97. The van der Waals surface area contributed by atoms with Crippen LogP contribution in [0.15, 0.2) is 67.0 Å². The van der Waals surface area contributed by atoms with Crippen molar-refractivity contribution >= 4 is 6.08 Å². The molecule has 0 aliphatic heterocycles. The standard InChI is InChI=1S/C25H31N3O4/c1-18(30)25-27-13-14-28(25)23(15-29)10-5-19-3-6-20(7-4-19)21-8-11-24(12-9-21)32-17-22(26)16-31-2/h3-14,18,22-23,29-30H,15-17,26H2,1-2H3/b10-5+. The second-order valence-electron chi connectivity index (χ2n) is 7.65. The van der Waals surface area contributed by atoms with E-state index in [0.717, 1.165) is 22.4 Å². The van der Waals surface area contributed by atoms with Crippen LogP contribution in [0, 0.1) is 0 Å². The van der Waals surface area contributed by atoms with E-state index in [0.29, 0.717) is 19.0 Å². The number of hydrogen-bond donors (Lipinski definition) is 3. The number of benzene rings is 2. The lowest BCUT2D eigenvalue weighted by Crippen LogP contribution is -2.32. The minimum atomic E-state index is -0.703. The third kappa shape index (κ3) is 6.27. The summed E-state index contributed by atoms with van der Waals surface area (Å²) in [7, 11) is 1.62. The van der Waals surface area contributed by atoms with Crippen molar-refractivity contribution in [2.45, 2.75) is 25.1 Å². The Morgan fingerprint density at radius 1 is 1.06 bits per heavy atom. The van der Waals surface area contributed by atoms with E-state index in [1.807, 2.05) is 48.6 Å². The number of aliphatic hydroxyl groups is 2. The first-order valence-electron chi connectivity index (χ1n) is 10.6. The fourth-order valence-electron chi connectivity index (χ4n) is 3.39. The summed E-state index contributed by atoms with van der Waals surface area (Å²) in [5.41, 5.74) is 9.07. The largest absolute Gasteiger partial charge is 0.492 e. The van der Waals surface area contributed by atoms with Crippen LogP contribution in [-0.4, -0.2) is 52.7 Å². The zero-order valence-corrected chi connectivity index (χ0v) is 18.5. The van der Waals surface area contributed by atoms with Crippen molar-refractivity contribution in [3.8, 4) is 16.9 Å². The molecule has 3 atom stereocenters. The van der Waals surface area contributed by atoms with Gasteiger partial charge in [0.05, 0.1) is 25.3 Å². The molecule has 0 saturated carbocycles. The lowest BCUT2D eigenvalue weighted by atomic mass is 10.0. The Balaban J connectivity index is 1.63. The number of hydrogen-bond acceptors (Lipinski definition) is 6. The van der Waals surface area contributed by atoms with Crippen molar-refractivity contribution < 1.29 is 19.7 Å². The second kappa shape index (κ2) is 11.6. The van der Waals surface area contributed by atoms with Crippen molar-refractivity contribution in [3.05, 3.63) is 78.4 Å². The van der Waals surface area contributed by atoms with Crippen LogP contribution in [0.25, 0.3) is 17.2 Å². The molecule has 0 amide bonds. The maximum absolute atomic E-state index is 9.85. The van der Waals surface area contributed by atoms with E-state index in [4.69, 9.17) is 15.2 Å². The molecule has 0 radical (unpaired) electrons. The molecule has 0 fully saturated rings. The van der Waals surface area contributed by atoms with Crippen LogP contribution in [0.4, 0.5) is 0 Å². The smallest absolute Gasteiger partial charge is 0.137 e. The third-order valence-electron chi connectivity index (χ3n) is 5.07. The van der Waals surface area contributed by atoms with Gasteiger partial charge in [-0.25, -0.2) is 4.98 Å². The first-order valence-corrected chi connectivity index (χ1v) is 10.6. The molecule has 7 nitrogen and oxygen atoms in total. The van der Waals surface area contributed by atoms with Gasteiger partial charge in [-0.2, -0.15) is 0 Å². The number of rotatable bonds is 11. The quantitative estimate of drug-likeness (QED) is 0.426. The average Bonchev–Trinajstić information content (AvgIpc) is 3.29. The van der Waals surface area contributed by atoms with Gasteiger partial charge in [0, 0.05) is 19.5 Å². The van der Waals surface area contributed by atoms with E-state index >= 15 is 0 Å². The highest BCUT2D eigenvalue weighted by atomic mass is 16.5. The first-order chi connectivity index (χ1) is 15.5. The Bertz CT molecular complexity index is 981. The van der Waals surface area contributed by atoms with Crippen LogP contribution < -0.4 is 10.5 Å². The molecule has 0 aliphatic rings. The minimum Gasteiger partial charge on any atom is -0.492 e. The highest BCUT2D eigenvalue weighted by Crippen LogP contribution is 2.24. The van der Waals surface area contributed by atoms with Gasteiger partial charge in [-0.1, -0.05) is 48.6 Å². The van der Waals surface area contributed by atoms with Gasteiger partial charge in [0.15, 0.2) is 0 Å². The predicted molar refractivity (Wildman–Crippen MR) is 125 cm³/mol. The molecular formula is C25H31N3O4. The molecule has 0 saturated heterocycles. The molecule has 7 heteroatoms. The van der Waals surface area contributed by atoms with Crippen molar-refractivity contribution in [1.82, 2.24) is 9.55 Å². The number of methoxy groups -OCH3 is 1. The van der Waals surface area contributed by atoms with Crippen molar-refractivity contribution in [3.63, 3.8) is 0 Å². The summed E-state index contributed by atoms with van der Waals surface area (Å²) in [6.45, 7) is 2.43. The fraction of sp³-hybridized carbons (Fsp3) is 0.320. The molecular weight excluding hydrogens is 406 g/mol. The zero-order chi connectivity index (χ0) is 22.9. The van der Waals surface area contributed by atoms with Crippen LogP contribution in [0.1, 0.15) is 30.5 Å². The number of ether oxygens (including phenoxy) is 2. The molecule has 1 heterocycles. The van der Waals surface area contributed by atoms with Crippen LogP contribution in [0.3, 0.4) is 0 Å². The van der Waals surface area contributed by atoms with Gasteiger partial charge in [-0.3, -0.25) is 0 Å². The molecule has 3 rings (SSSR count). The van der Waals surface area contributed by atoms with E-state index in [9.17, 15) is 10.2 Å². The maximum atomic E-state index is 9.85. The molecule has 2 aromatic carbocycles. The van der Waals surface area contributed by atoms with Crippen LogP contribution in [-0.2, 0) is 4.74 Å². The summed E-state index contributed by atoms with van der Waals surface area (Å²) in [6, 6.07) is 15.6. The van der Waals surface area contributed by atoms with E-state index in [-0.39, 0.29) is 18.7 Å². The summed E-state index contributed by atoms with van der Waals surface area (Å²) in [5.74, 6) is 1.29. The Labute approximate surface area is 188 Å². The number of nitrogens with zero attached hydrogens (tertiary/aromatic N) is 2. The lowest BCUT2D eigenvalue weighted by molar-refractivity contribution is 0.152. The van der Waals surface area contributed by atoms with Gasteiger partial charge in [-0.15, -0.1) is 0 Å². The molecule has 0 spiro atoms. The summed E-state index contributed by atoms with van der Waals surface area (Å²) in [5, 5.41) is 19.6. The summed E-state index contributed by atoms with van der Waals surface area (Å²) in [4.78, 5) is 4.17. The van der Waals surface area contributed by atoms with Gasteiger partial charge >= 0.3 is 0 Å². The van der Waals surface area contributed by atoms with E-state index in [1.165, 1.54) is 0 Å². The van der Waals surface area contributed by atoms with Gasteiger partial charge in [0.1, 0.15) is 24.3 Å². The number of nitrogens with two attached hydrogens (primary N) is 1. The van der Waals surface area contributed by atoms with Crippen LogP contribution in [0.5, 0.6) is 5.75 Å². The number of aromatic nitrogens is 2. The van der Waals surface area contributed by atoms with Gasteiger partial charge in [-0.05, 0) is 35.7 Å². The molecule has 3 unspecified atom stereocenters. The summed E-state index contributed by atoms with van der Waals surface area (Å²) < 4.78 is 12.5. The third-order valence-corrected chi connectivity index (χ3v) is 5.07. The van der Waals surface area contributed by atoms with Crippen LogP contribution in [0.2, 0.25) is 0 Å². The second-order valence-corrected chi connectivity index (χ2v) is 7.65. The molecule has 32 heavy (non-hydrogen) atoms. The zero-order valence-electron chi connectivity index (χ0n) is 18.5. The average molecular weight is 438 g/mol. The summed E-state index contributed by atoms with van der Waals surface area (Å²) in [6.07, 6.45) is 6.54. The van der Waals surface area contributed by atoms with Gasteiger partial charge in [0.25, 0.3) is 0 Å². The number of aliphatic hydroxyl groups excluding tert-OH is 2. The lowest BCUT2D eigenvalue weighted by Gasteiger charge is -2.16. The topological polar surface area (TPSA) is 103 Å². The highest BCUT2D eigenvalue weighted by Gasteiger charge is 2.14. The Kier molecular flexibility index (Phi) is 8.58. The predicted octanol–water partition coefficient (Wildman–Crippen LogP) is 3.20. The van der Waals surface area contributed by atoms with Gasteiger partial charge in [0.2, 0.25) is 0 Å².